The van der Waals surface area contributed by atoms with Gasteiger partial charge in [-0.3, -0.25) is 19.7 Å². The van der Waals surface area contributed by atoms with Gasteiger partial charge in [0, 0.05) is 17.7 Å². The van der Waals surface area contributed by atoms with Gasteiger partial charge in [0.05, 0.1) is 33.3 Å². The lowest BCUT2D eigenvalue weighted by Gasteiger charge is -2.15. The van der Waals surface area contributed by atoms with Gasteiger partial charge in [-0.15, -0.1) is 0 Å². The third-order valence-corrected chi connectivity index (χ3v) is 7.80. The van der Waals surface area contributed by atoms with Crippen molar-refractivity contribution in [3.63, 3.8) is 0 Å². The third kappa shape index (κ3) is 6.02. The van der Waals surface area contributed by atoms with E-state index in [-0.39, 0.29) is 41.4 Å². The molecule has 3 aromatic carbocycles. The molecule has 0 spiro atoms. The monoisotopic (exact) mass is 619 g/mol. The molecule has 1 aliphatic heterocycles. The number of allylic oxidation sites excluding steroid dienone is 1. The summed E-state index contributed by atoms with van der Waals surface area (Å²) in [6, 6.07) is 15.4. The molecular formula is C32H29NO10S. The number of carbonyl (C=O) groups is 2. The van der Waals surface area contributed by atoms with Gasteiger partial charge in [-0.2, -0.15) is 0 Å². The average molecular weight is 620 g/mol. The molecule has 1 saturated heterocycles. The van der Waals surface area contributed by atoms with Crippen LogP contribution in [-0.4, -0.2) is 52.8 Å². The Hall–Kier alpha value is -5.10. The largest absolute Gasteiger partial charge is 0.496 e. The highest BCUT2D eigenvalue weighted by molar-refractivity contribution is 8.18. The van der Waals surface area contributed by atoms with Gasteiger partial charge in [0.1, 0.15) is 41.4 Å². The summed E-state index contributed by atoms with van der Waals surface area (Å²) in [4.78, 5) is 37.9. The highest BCUT2D eigenvalue weighted by Crippen LogP contribution is 2.39. The van der Waals surface area contributed by atoms with Crippen LogP contribution in [0.25, 0.3) is 27.9 Å². The van der Waals surface area contributed by atoms with Gasteiger partial charge in [0.2, 0.25) is 11.2 Å². The van der Waals surface area contributed by atoms with Crippen molar-refractivity contribution >= 4 is 39.5 Å². The summed E-state index contributed by atoms with van der Waals surface area (Å²) in [5.41, 5.74) is 1.70. The molecule has 2 amide bonds. The van der Waals surface area contributed by atoms with Gasteiger partial charge < -0.3 is 32.8 Å². The summed E-state index contributed by atoms with van der Waals surface area (Å²) < 4.78 is 39.9. The molecule has 11 nitrogen and oxygen atoms in total. The van der Waals surface area contributed by atoms with Crippen molar-refractivity contribution in [2.45, 2.75) is 6.92 Å². The van der Waals surface area contributed by atoms with Crippen molar-refractivity contribution in [1.29, 1.82) is 0 Å². The molecule has 1 aromatic heterocycles. The van der Waals surface area contributed by atoms with Crippen LogP contribution in [0, 0.1) is 0 Å². The van der Waals surface area contributed by atoms with Crippen LogP contribution in [0.4, 0.5) is 4.79 Å². The predicted octanol–water partition coefficient (Wildman–Crippen LogP) is 5.67. The van der Waals surface area contributed by atoms with E-state index in [1.165, 1.54) is 28.4 Å². The van der Waals surface area contributed by atoms with Crippen LogP contribution < -0.4 is 39.2 Å². The van der Waals surface area contributed by atoms with Crippen LogP contribution in [-0.2, 0) is 4.79 Å². The van der Waals surface area contributed by atoms with Crippen LogP contribution in [0.2, 0.25) is 0 Å². The van der Waals surface area contributed by atoms with Crippen LogP contribution in [0.1, 0.15) is 12.5 Å². The van der Waals surface area contributed by atoms with Crippen molar-refractivity contribution in [2.24, 2.45) is 0 Å². The molecule has 0 unspecified atom stereocenters. The van der Waals surface area contributed by atoms with E-state index in [0.29, 0.717) is 39.0 Å². The summed E-state index contributed by atoms with van der Waals surface area (Å²) in [6.45, 7) is 1.84. The van der Waals surface area contributed by atoms with Crippen LogP contribution >= 0.6 is 11.8 Å². The number of fused-ring (bicyclic) bond motifs is 1. The Labute approximate surface area is 256 Å². The maximum absolute atomic E-state index is 13.9. The van der Waals surface area contributed by atoms with Crippen molar-refractivity contribution in [3.8, 4) is 45.8 Å². The van der Waals surface area contributed by atoms with Gasteiger partial charge in [-0.05, 0) is 60.2 Å². The zero-order chi connectivity index (χ0) is 31.4. The Morgan fingerprint density at radius 1 is 0.795 bits per heavy atom. The maximum Gasteiger partial charge on any atom is 0.290 e. The van der Waals surface area contributed by atoms with Gasteiger partial charge >= 0.3 is 0 Å². The summed E-state index contributed by atoms with van der Waals surface area (Å²) in [5, 5.41) is 2.05. The van der Waals surface area contributed by atoms with Gasteiger partial charge in [-0.1, -0.05) is 12.1 Å². The molecule has 0 saturated carbocycles. The second-order valence-electron chi connectivity index (χ2n) is 9.38. The quantitative estimate of drug-likeness (QED) is 0.165. The number of nitrogens with one attached hydrogen (secondary N) is 1. The van der Waals surface area contributed by atoms with Crippen molar-refractivity contribution in [3.05, 3.63) is 75.3 Å². The summed E-state index contributed by atoms with van der Waals surface area (Å²) in [7, 11) is 5.99. The van der Waals surface area contributed by atoms with Crippen LogP contribution in [0.3, 0.4) is 0 Å². The molecule has 44 heavy (non-hydrogen) atoms. The minimum atomic E-state index is -0.443. The Kier molecular flexibility index (Phi) is 9.00. The number of hydrogen-bond donors (Lipinski definition) is 1. The number of carbonyl (C=O) groups excluding carboxylic acids is 2. The lowest BCUT2D eigenvalue weighted by atomic mass is 10.1. The molecule has 0 radical (unpaired) electrons. The summed E-state index contributed by atoms with van der Waals surface area (Å²) in [5.74, 6) is 1.88. The normalized spacial score (nSPS) is 13.8. The molecule has 0 atom stereocenters. The lowest BCUT2D eigenvalue weighted by Crippen LogP contribution is -2.18. The number of ether oxygens (including phenoxy) is 6. The first kappa shape index (κ1) is 30.4. The highest BCUT2D eigenvalue weighted by Gasteiger charge is 2.28. The van der Waals surface area contributed by atoms with Gasteiger partial charge in [0.15, 0.2) is 17.3 Å². The van der Waals surface area contributed by atoms with E-state index in [0.717, 1.165) is 17.3 Å². The second-order valence-corrected chi connectivity index (χ2v) is 10.4. The van der Waals surface area contributed by atoms with E-state index >= 15 is 0 Å². The smallest absolute Gasteiger partial charge is 0.290 e. The Bertz CT molecular complexity index is 1850. The lowest BCUT2D eigenvalue weighted by molar-refractivity contribution is -0.115. The number of methoxy groups -OCH3 is 4. The number of amides is 2. The first-order chi connectivity index (χ1) is 21.3. The maximum atomic E-state index is 13.9. The SMILES string of the molecule is COc1cc(OC)c2c(=O)c(OCCOc3cccc(/C(C)=C4\SC(=O)NC4=O)c3)c(-c3ccc(OC)c(OC)c3)oc2c1. The molecule has 1 fully saturated rings. The zero-order valence-corrected chi connectivity index (χ0v) is 25.4. The number of hydrogen-bond acceptors (Lipinski definition) is 11. The fourth-order valence-electron chi connectivity index (χ4n) is 4.63. The zero-order valence-electron chi connectivity index (χ0n) is 24.6. The second kappa shape index (κ2) is 13.0. The highest BCUT2D eigenvalue weighted by atomic mass is 32.2. The van der Waals surface area contributed by atoms with E-state index in [1.807, 2.05) is 6.07 Å². The molecule has 228 valence electrons. The Morgan fingerprint density at radius 2 is 1.55 bits per heavy atom. The molecule has 4 aromatic rings. The number of thioether (sulfide) groups is 1. The molecule has 2 heterocycles. The van der Waals surface area contributed by atoms with Gasteiger partial charge in [0.25, 0.3) is 11.1 Å². The average Bonchev–Trinajstić information content (AvgIpc) is 3.39. The topological polar surface area (TPSA) is 132 Å². The third-order valence-electron chi connectivity index (χ3n) is 6.82. The fraction of sp³-hybridized carbons (Fsp3) is 0.219. The number of rotatable bonds is 11. The predicted molar refractivity (Wildman–Crippen MR) is 165 cm³/mol. The van der Waals surface area contributed by atoms with Crippen molar-refractivity contribution in [1.82, 2.24) is 5.32 Å². The van der Waals surface area contributed by atoms with Crippen LogP contribution in [0.15, 0.2) is 68.7 Å². The minimum Gasteiger partial charge on any atom is -0.496 e. The first-order valence-corrected chi connectivity index (χ1v) is 14.1. The Morgan fingerprint density at radius 3 is 2.23 bits per heavy atom. The Balaban J connectivity index is 1.45. The molecule has 5 rings (SSSR count). The standard InChI is InChI=1S/C32H29NO10S/c1-17(30-31(35)33-32(36)44-30)18-7-6-8-20(13-18)41-11-12-42-29-27(34)26-24(40-5)15-21(37-2)16-25(26)43-28(29)19-9-10-22(38-3)23(14-19)39-4/h6-10,13-16H,11-12H2,1-5H3,(H,33,35,36)/b30-17-. The fourth-order valence-corrected chi connectivity index (χ4v) is 5.38. The number of benzene rings is 3. The summed E-state index contributed by atoms with van der Waals surface area (Å²) >= 11 is 0.862. The number of imide groups is 1. The first-order valence-electron chi connectivity index (χ1n) is 13.3. The molecular weight excluding hydrogens is 590 g/mol. The molecule has 12 heteroatoms. The van der Waals surface area contributed by atoms with Crippen molar-refractivity contribution in [2.75, 3.05) is 41.7 Å². The van der Waals surface area contributed by atoms with Gasteiger partial charge in [-0.25, -0.2) is 0 Å². The van der Waals surface area contributed by atoms with E-state index in [1.54, 1.807) is 55.5 Å². The molecule has 0 aliphatic carbocycles. The van der Waals surface area contributed by atoms with E-state index in [4.69, 9.17) is 32.8 Å². The molecule has 1 aliphatic rings. The van der Waals surface area contributed by atoms with E-state index < -0.39 is 16.6 Å². The molecule has 1 N–H and O–H groups in total. The van der Waals surface area contributed by atoms with E-state index in [2.05, 4.69) is 5.32 Å². The summed E-state index contributed by atoms with van der Waals surface area (Å²) in [6.07, 6.45) is 0. The van der Waals surface area contributed by atoms with E-state index in [9.17, 15) is 14.4 Å². The minimum absolute atomic E-state index is 0.00785. The molecule has 0 bridgehead atoms. The van der Waals surface area contributed by atoms with Crippen LogP contribution in [0.5, 0.6) is 34.5 Å². The van der Waals surface area contributed by atoms with Crippen molar-refractivity contribution < 1.29 is 42.4 Å².